The second-order valence-corrected chi connectivity index (χ2v) is 7.20. The highest BCUT2D eigenvalue weighted by molar-refractivity contribution is 5.95. The number of morpholine rings is 1. The van der Waals surface area contributed by atoms with E-state index in [1.165, 1.54) is 0 Å². The normalized spacial score (nSPS) is 21.9. The summed E-state index contributed by atoms with van der Waals surface area (Å²) in [5.74, 6) is 1.53. The zero-order valence-corrected chi connectivity index (χ0v) is 15.8. The van der Waals surface area contributed by atoms with Gasteiger partial charge < -0.3 is 25.0 Å². The highest BCUT2D eigenvalue weighted by atomic mass is 16.5. The molecule has 0 spiro atoms. The monoisotopic (exact) mass is 368 g/mol. The number of carbonyl (C=O) groups is 1. The number of pyridine rings is 1. The summed E-state index contributed by atoms with van der Waals surface area (Å²) < 4.78 is 11.3. The van der Waals surface area contributed by atoms with Gasteiger partial charge in [-0.1, -0.05) is 0 Å². The van der Waals surface area contributed by atoms with Crippen molar-refractivity contribution in [1.29, 1.82) is 0 Å². The third-order valence-corrected chi connectivity index (χ3v) is 4.67. The SMILES string of the molecule is Cc1cc(Nc2ccc3c(c2)OCC(=O)N3)cnc1N1C[C@H](C)O[C@@H](C)C1. The second kappa shape index (κ2) is 7.08. The van der Waals surface area contributed by atoms with Crippen LogP contribution in [0.25, 0.3) is 0 Å². The topological polar surface area (TPSA) is 75.7 Å². The minimum absolute atomic E-state index is 0.0439. The third kappa shape index (κ3) is 3.83. The summed E-state index contributed by atoms with van der Waals surface area (Å²) in [6.07, 6.45) is 2.24. The molecule has 0 saturated carbocycles. The Bertz CT molecular complexity index is 860. The average Bonchev–Trinajstić information content (AvgIpc) is 2.61. The summed E-state index contributed by atoms with van der Waals surface area (Å²) >= 11 is 0. The molecule has 1 aromatic carbocycles. The van der Waals surface area contributed by atoms with Gasteiger partial charge in [0.15, 0.2) is 6.61 Å². The van der Waals surface area contributed by atoms with Crippen LogP contribution < -0.4 is 20.3 Å². The first-order valence-electron chi connectivity index (χ1n) is 9.19. The number of hydrogen-bond acceptors (Lipinski definition) is 6. The van der Waals surface area contributed by atoms with Gasteiger partial charge in [-0.15, -0.1) is 0 Å². The Morgan fingerprint density at radius 1 is 1.19 bits per heavy atom. The van der Waals surface area contributed by atoms with E-state index in [-0.39, 0.29) is 24.7 Å². The molecule has 27 heavy (non-hydrogen) atoms. The van der Waals surface area contributed by atoms with Crippen molar-refractivity contribution < 1.29 is 14.3 Å². The Labute approximate surface area is 158 Å². The number of ether oxygens (including phenoxy) is 2. The second-order valence-electron chi connectivity index (χ2n) is 7.20. The van der Waals surface area contributed by atoms with Gasteiger partial charge in [0.05, 0.1) is 29.8 Å². The highest BCUT2D eigenvalue weighted by Crippen LogP contribution is 2.32. The lowest BCUT2D eigenvalue weighted by Gasteiger charge is -2.36. The van der Waals surface area contributed by atoms with Gasteiger partial charge in [-0.05, 0) is 44.5 Å². The number of aromatic nitrogens is 1. The van der Waals surface area contributed by atoms with Crippen LogP contribution in [0.5, 0.6) is 5.75 Å². The Kier molecular flexibility index (Phi) is 4.61. The number of aryl methyl sites for hydroxylation is 1. The molecule has 2 aliphatic rings. The van der Waals surface area contributed by atoms with E-state index in [2.05, 4.69) is 47.4 Å². The quantitative estimate of drug-likeness (QED) is 0.867. The third-order valence-electron chi connectivity index (χ3n) is 4.67. The van der Waals surface area contributed by atoms with E-state index in [9.17, 15) is 4.79 Å². The summed E-state index contributed by atoms with van der Waals surface area (Å²) in [5.41, 5.74) is 3.60. The molecule has 1 fully saturated rings. The zero-order chi connectivity index (χ0) is 19.0. The Balaban J connectivity index is 1.51. The molecule has 7 heteroatoms. The fourth-order valence-corrected chi connectivity index (χ4v) is 3.64. The largest absolute Gasteiger partial charge is 0.482 e. The first-order valence-corrected chi connectivity index (χ1v) is 9.19. The van der Waals surface area contributed by atoms with E-state index in [1.54, 1.807) is 0 Å². The number of carbonyl (C=O) groups excluding carboxylic acids is 1. The van der Waals surface area contributed by atoms with Crippen LogP contribution >= 0.6 is 0 Å². The van der Waals surface area contributed by atoms with Crippen molar-refractivity contribution in [2.24, 2.45) is 0 Å². The van der Waals surface area contributed by atoms with E-state index in [0.717, 1.165) is 35.8 Å². The van der Waals surface area contributed by atoms with Gasteiger partial charge in [0, 0.05) is 24.8 Å². The van der Waals surface area contributed by atoms with Gasteiger partial charge in [0.1, 0.15) is 11.6 Å². The summed E-state index contributed by atoms with van der Waals surface area (Å²) in [5, 5.41) is 6.15. The molecule has 2 atom stereocenters. The molecule has 1 saturated heterocycles. The summed E-state index contributed by atoms with van der Waals surface area (Å²) in [6.45, 7) is 7.99. The number of fused-ring (bicyclic) bond motifs is 1. The molecule has 142 valence electrons. The predicted octanol–water partition coefficient (Wildman–Crippen LogP) is 3.08. The van der Waals surface area contributed by atoms with E-state index in [0.29, 0.717) is 11.4 Å². The number of nitrogens with one attached hydrogen (secondary N) is 2. The Morgan fingerprint density at radius 2 is 1.96 bits per heavy atom. The molecule has 0 bridgehead atoms. The number of nitrogens with zero attached hydrogens (tertiary/aromatic N) is 2. The zero-order valence-electron chi connectivity index (χ0n) is 15.8. The number of hydrogen-bond donors (Lipinski definition) is 2. The van der Waals surface area contributed by atoms with Crippen molar-refractivity contribution in [3.63, 3.8) is 0 Å². The molecule has 2 aliphatic heterocycles. The lowest BCUT2D eigenvalue weighted by molar-refractivity contribution is -0.118. The smallest absolute Gasteiger partial charge is 0.262 e. The number of benzene rings is 1. The predicted molar refractivity (Wildman–Crippen MR) is 105 cm³/mol. The molecule has 0 radical (unpaired) electrons. The highest BCUT2D eigenvalue weighted by Gasteiger charge is 2.24. The molecule has 1 aromatic heterocycles. The van der Waals surface area contributed by atoms with Gasteiger partial charge in [-0.2, -0.15) is 0 Å². The fraction of sp³-hybridized carbons (Fsp3) is 0.400. The minimum Gasteiger partial charge on any atom is -0.482 e. The van der Waals surface area contributed by atoms with Gasteiger partial charge >= 0.3 is 0 Å². The van der Waals surface area contributed by atoms with Crippen LogP contribution in [0, 0.1) is 6.92 Å². The lowest BCUT2D eigenvalue weighted by Crippen LogP contribution is -2.46. The molecule has 0 aliphatic carbocycles. The van der Waals surface area contributed by atoms with Crippen LogP contribution in [-0.2, 0) is 9.53 Å². The molecule has 2 N–H and O–H groups in total. The van der Waals surface area contributed by atoms with Crippen LogP contribution in [0.2, 0.25) is 0 Å². The molecule has 2 aromatic rings. The molecular weight excluding hydrogens is 344 g/mol. The van der Waals surface area contributed by atoms with Gasteiger partial charge in [-0.3, -0.25) is 4.79 Å². The van der Waals surface area contributed by atoms with Gasteiger partial charge in [-0.25, -0.2) is 4.98 Å². The van der Waals surface area contributed by atoms with Crippen molar-refractivity contribution in [2.75, 3.05) is 35.2 Å². The van der Waals surface area contributed by atoms with Crippen LogP contribution in [0.1, 0.15) is 19.4 Å². The summed E-state index contributed by atoms with van der Waals surface area (Å²) in [4.78, 5) is 18.3. The molecule has 0 unspecified atom stereocenters. The van der Waals surface area contributed by atoms with Gasteiger partial charge in [0.25, 0.3) is 5.91 Å². The standard InChI is InChI=1S/C20H24N4O3/c1-12-6-16(8-21-20(12)24-9-13(2)27-14(3)10-24)22-15-4-5-17-18(7-15)26-11-19(25)23-17/h4-8,13-14,22H,9-11H2,1-3H3,(H,23,25)/t13-,14-/m0/s1. The first kappa shape index (κ1) is 17.6. The summed E-state index contributed by atoms with van der Waals surface area (Å²) in [7, 11) is 0. The molecular formula is C20H24N4O3. The lowest BCUT2D eigenvalue weighted by atomic mass is 10.2. The Morgan fingerprint density at radius 3 is 2.70 bits per heavy atom. The van der Waals surface area contributed by atoms with E-state index >= 15 is 0 Å². The molecule has 4 rings (SSSR count). The van der Waals surface area contributed by atoms with Crippen LogP contribution in [0.3, 0.4) is 0 Å². The van der Waals surface area contributed by atoms with E-state index in [1.807, 2.05) is 24.4 Å². The van der Waals surface area contributed by atoms with Crippen LogP contribution in [0.4, 0.5) is 22.9 Å². The van der Waals surface area contributed by atoms with E-state index < -0.39 is 0 Å². The van der Waals surface area contributed by atoms with Crippen molar-refractivity contribution in [3.05, 3.63) is 36.0 Å². The molecule has 3 heterocycles. The van der Waals surface area contributed by atoms with Crippen LogP contribution in [-0.4, -0.2) is 42.8 Å². The summed E-state index contributed by atoms with van der Waals surface area (Å²) in [6, 6.07) is 7.71. The maximum absolute atomic E-state index is 11.4. The molecule has 1 amide bonds. The average molecular weight is 368 g/mol. The maximum Gasteiger partial charge on any atom is 0.262 e. The molecule has 7 nitrogen and oxygen atoms in total. The number of amides is 1. The number of anilines is 4. The fourth-order valence-electron chi connectivity index (χ4n) is 3.64. The van der Waals surface area contributed by atoms with Crippen molar-refractivity contribution in [3.8, 4) is 5.75 Å². The maximum atomic E-state index is 11.4. The Hall–Kier alpha value is -2.80. The van der Waals surface area contributed by atoms with Crippen molar-refractivity contribution >= 4 is 28.8 Å². The minimum atomic E-state index is -0.134. The first-order chi connectivity index (χ1) is 13.0. The number of rotatable bonds is 3. The van der Waals surface area contributed by atoms with Gasteiger partial charge in [0.2, 0.25) is 0 Å². The van der Waals surface area contributed by atoms with Crippen LogP contribution in [0.15, 0.2) is 30.5 Å². The van der Waals surface area contributed by atoms with Crippen molar-refractivity contribution in [1.82, 2.24) is 4.98 Å². The van der Waals surface area contributed by atoms with E-state index in [4.69, 9.17) is 9.47 Å². The van der Waals surface area contributed by atoms with Crippen molar-refractivity contribution in [2.45, 2.75) is 33.0 Å².